The van der Waals surface area contributed by atoms with Crippen molar-refractivity contribution in [3.63, 3.8) is 0 Å². The van der Waals surface area contributed by atoms with Gasteiger partial charge in [0.15, 0.2) is 6.10 Å². The summed E-state index contributed by atoms with van der Waals surface area (Å²) in [5.41, 5.74) is 5.38. The fourth-order valence-electron chi connectivity index (χ4n) is 1.67. The highest BCUT2D eigenvalue weighted by atomic mass is 35.5. The molecule has 2 N–H and O–H groups in total. The summed E-state index contributed by atoms with van der Waals surface area (Å²) in [6, 6.07) is 14.5. The summed E-state index contributed by atoms with van der Waals surface area (Å²) in [7, 11) is 0. The number of hydrogen-bond donors (Lipinski definition) is 2. The van der Waals surface area contributed by atoms with Crippen LogP contribution in [0, 0.1) is 6.92 Å². The summed E-state index contributed by atoms with van der Waals surface area (Å²) >= 11 is 6.95. The first-order valence-electron chi connectivity index (χ1n) is 7.09. The van der Waals surface area contributed by atoms with Crippen LogP contribution >= 0.6 is 23.6 Å². The monoisotopic (exact) mass is 368 g/mol. The van der Waals surface area contributed by atoms with Crippen LogP contribution < -0.4 is 15.8 Å². The van der Waals surface area contributed by atoms with Gasteiger partial charge >= 0.3 is 0 Å². The van der Waals surface area contributed by atoms with E-state index in [0.29, 0.717) is 10.8 Å². The lowest BCUT2D eigenvalue weighted by Gasteiger charge is -2.15. The molecule has 2 rings (SSSR count). The first kappa shape index (κ1) is 18.6. The third-order valence-electron chi connectivity index (χ3n) is 2.93. The van der Waals surface area contributed by atoms with Gasteiger partial charge in [-0.2, -0.15) is 0 Å². The Morgan fingerprint density at radius 1 is 1.21 bits per heavy atom. The Bertz CT molecular complexity index is 672. The maximum Gasteiger partial charge on any atom is 0.276 e. The summed E-state index contributed by atoms with van der Waals surface area (Å²) < 4.78 is 10.4. The number of ether oxygens (including phenoxy) is 1. The lowest BCUT2D eigenvalue weighted by molar-refractivity contribution is -0.256. The third kappa shape index (κ3) is 6.03. The second-order valence-corrected chi connectivity index (χ2v) is 5.99. The Morgan fingerprint density at radius 3 is 2.67 bits per heavy atom. The van der Waals surface area contributed by atoms with Gasteiger partial charge in [0.2, 0.25) is 0 Å². The van der Waals surface area contributed by atoms with Gasteiger partial charge in [0.25, 0.3) is 5.91 Å². The van der Waals surface area contributed by atoms with E-state index in [1.54, 1.807) is 25.1 Å². The zero-order valence-corrected chi connectivity index (χ0v) is 14.7. The number of aryl methyl sites for hydroxylation is 1. The lowest BCUT2D eigenvalue weighted by atomic mass is 10.2. The highest BCUT2D eigenvalue weighted by Gasteiger charge is 2.14. The van der Waals surface area contributed by atoms with Crippen molar-refractivity contribution in [2.24, 2.45) is 0 Å². The maximum absolute atomic E-state index is 11.9. The van der Waals surface area contributed by atoms with Crippen molar-refractivity contribution in [1.82, 2.24) is 11.0 Å². The Labute approximate surface area is 149 Å². The average Bonchev–Trinajstić information content (AvgIpc) is 2.58. The maximum atomic E-state index is 11.9. The van der Waals surface area contributed by atoms with Crippen LogP contribution in [0.25, 0.3) is 0 Å². The zero-order chi connectivity index (χ0) is 17.4. The molecule has 0 saturated heterocycles. The molecule has 1 unspecified atom stereocenters. The molecule has 8 heteroatoms. The minimum atomic E-state index is -0.733. The van der Waals surface area contributed by atoms with E-state index in [1.807, 2.05) is 37.3 Å². The van der Waals surface area contributed by atoms with Gasteiger partial charge in [-0.3, -0.25) is 10.2 Å². The van der Waals surface area contributed by atoms with Crippen molar-refractivity contribution in [3.8, 4) is 5.75 Å². The summed E-state index contributed by atoms with van der Waals surface area (Å²) in [5, 5.41) is 0.641. The number of carbonyl (C=O) groups excluding carboxylic acids is 1. The smallest absolute Gasteiger partial charge is 0.276 e. The van der Waals surface area contributed by atoms with E-state index in [1.165, 1.54) is 0 Å². The number of hydrogen-bond acceptors (Lipinski definition) is 6. The Morgan fingerprint density at radius 2 is 1.96 bits per heavy atom. The fraction of sp³-hybridized carbons (Fsp3) is 0.188. The summed E-state index contributed by atoms with van der Waals surface area (Å²) in [6.45, 7) is 3.47. The molecule has 1 atom stereocenters. The highest BCUT2D eigenvalue weighted by Crippen LogP contribution is 2.22. The number of nitrogens with one attached hydrogen (secondary N) is 2. The molecule has 1 amide bonds. The average molecular weight is 369 g/mol. The predicted molar refractivity (Wildman–Crippen MR) is 92.0 cm³/mol. The van der Waals surface area contributed by atoms with Crippen molar-refractivity contribution in [3.05, 3.63) is 59.1 Å². The molecule has 0 aliphatic heterocycles. The molecule has 0 aliphatic rings. The number of hydrazine groups is 1. The Kier molecular flexibility index (Phi) is 7.36. The Balaban J connectivity index is 1.67. The molecule has 128 valence electrons. The van der Waals surface area contributed by atoms with E-state index in [9.17, 15) is 4.79 Å². The molecule has 0 saturated carbocycles. The molecular formula is C16H17ClN2O4S. The van der Waals surface area contributed by atoms with Gasteiger partial charge < -0.3 is 4.74 Å². The van der Waals surface area contributed by atoms with Gasteiger partial charge in [0.05, 0.1) is 12.0 Å². The van der Waals surface area contributed by atoms with Crippen LogP contribution in [0.15, 0.2) is 53.4 Å². The summed E-state index contributed by atoms with van der Waals surface area (Å²) in [5.74, 6) is 0.132. The summed E-state index contributed by atoms with van der Waals surface area (Å²) in [4.78, 5) is 17.4. The molecule has 0 bridgehead atoms. The minimum Gasteiger partial charge on any atom is -0.481 e. The second-order valence-electron chi connectivity index (χ2n) is 4.81. The van der Waals surface area contributed by atoms with Gasteiger partial charge in [-0.15, -0.1) is 9.32 Å². The van der Waals surface area contributed by atoms with E-state index in [0.717, 1.165) is 22.5 Å². The fourth-order valence-corrected chi connectivity index (χ4v) is 2.20. The number of halogens is 1. The molecule has 6 nitrogen and oxygen atoms in total. The van der Waals surface area contributed by atoms with Gasteiger partial charge in [-0.25, -0.2) is 0 Å². The molecular weight excluding hydrogens is 352 g/mol. The third-order valence-corrected chi connectivity index (χ3v) is 3.96. The molecule has 0 fully saturated rings. The minimum absolute atomic E-state index is 0.420. The molecule has 2 aromatic carbocycles. The van der Waals surface area contributed by atoms with Gasteiger partial charge in [-0.1, -0.05) is 35.4 Å². The molecule has 24 heavy (non-hydrogen) atoms. The molecule has 0 heterocycles. The van der Waals surface area contributed by atoms with Gasteiger partial charge in [0.1, 0.15) is 5.75 Å². The first-order chi connectivity index (χ1) is 11.6. The van der Waals surface area contributed by atoms with E-state index in [2.05, 4.69) is 16.0 Å². The van der Waals surface area contributed by atoms with Crippen molar-refractivity contribution in [2.45, 2.75) is 24.8 Å². The predicted octanol–water partition coefficient (Wildman–Crippen LogP) is 3.61. The highest BCUT2D eigenvalue weighted by molar-refractivity contribution is 7.94. The molecule has 0 spiro atoms. The lowest BCUT2D eigenvalue weighted by Crippen LogP contribution is -2.44. The van der Waals surface area contributed by atoms with E-state index >= 15 is 0 Å². The van der Waals surface area contributed by atoms with Crippen molar-refractivity contribution >= 4 is 29.6 Å². The van der Waals surface area contributed by atoms with Crippen LogP contribution in [-0.4, -0.2) is 12.0 Å². The van der Waals surface area contributed by atoms with Crippen LogP contribution in [0.2, 0.25) is 5.02 Å². The normalized spacial score (nSPS) is 11.8. The second kappa shape index (κ2) is 9.51. The van der Waals surface area contributed by atoms with Crippen LogP contribution in [0.4, 0.5) is 0 Å². The largest absolute Gasteiger partial charge is 0.481 e. The van der Waals surface area contributed by atoms with Crippen LogP contribution in [0.1, 0.15) is 12.5 Å². The molecule has 0 aliphatic carbocycles. The van der Waals surface area contributed by atoms with E-state index in [4.69, 9.17) is 20.7 Å². The standard InChI is InChI=1S/C16H17ClN2O4S/c1-11-10-13(8-9-15(11)17)21-12(2)16(20)18-19-22-23-24-14-6-4-3-5-7-14/h3-10,12,19H,1-2H3,(H,18,20). The number of rotatable bonds is 8. The number of amides is 1. The molecule has 2 aromatic rings. The molecule has 0 radical (unpaired) electrons. The summed E-state index contributed by atoms with van der Waals surface area (Å²) in [6.07, 6.45) is -0.733. The van der Waals surface area contributed by atoms with Crippen LogP contribution in [0.3, 0.4) is 0 Å². The first-order valence-corrected chi connectivity index (χ1v) is 8.21. The van der Waals surface area contributed by atoms with E-state index < -0.39 is 12.0 Å². The van der Waals surface area contributed by atoms with Crippen LogP contribution in [-0.2, 0) is 14.1 Å². The van der Waals surface area contributed by atoms with E-state index in [-0.39, 0.29) is 0 Å². The Hall–Kier alpha value is -1.77. The van der Waals surface area contributed by atoms with Gasteiger partial charge in [-0.05, 0) is 49.7 Å². The SMILES string of the molecule is Cc1cc(OC(C)C(=O)NNOOSc2ccccc2)ccc1Cl. The zero-order valence-electron chi connectivity index (χ0n) is 13.1. The van der Waals surface area contributed by atoms with Crippen molar-refractivity contribution in [1.29, 1.82) is 0 Å². The van der Waals surface area contributed by atoms with Crippen LogP contribution in [0.5, 0.6) is 5.75 Å². The van der Waals surface area contributed by atoms with Gasteiger partial charge in [0, 0.05) is 9.92 Å². The van der Waals surface area contributed by atoms with Crippen molar-refractivity contribution < 1.29 is 18.9 Å². The van der Waals surface area contributed by atoms with Crippen molar-refractivity contribution in [2.75, 3.05) is 0 Å². The number of benzene rings is 2. The topological polar surface area (TPSA) is 68.8 Å². The molecule has 0 aromatic heterocycles. The quantitative estimate of drug-likeness (QED) is 0.321. The number of carbonyl (C=O) groups is 1.